The Balaban J connectivity index is 2.86. The molecule has 0 saturated carbocycles. The third-order valence-electron chi connectivity index (χ3n) is 2.35. The Morgan fingerprint density at radius 1 is 1.47 bits per heavy atom. The Kier molecular flexibility index (Phi) is 4.57. The van der Waals surface area contributed by atoms with Gasteiger partial charge in [-0.2, -0.15) is 0 Å². The summed E-state index contributed by atoms with van der Waals surface area (Å²) in [6.07, 6.45) is 0.894. The van der Waals surface area contributed by atoms with Gasteiger partial charge in [-0.3, -0.25) is 0 Å². The first-order valence-electron chi connectivity index (χ1n) is 4.98. The van der Waals surface area contributed by atoms with Gasteiger partial charge in [-0.1, -0.05) is 35.3 Å². The topological polar surface area (TPSA) is 66.5 Å². The number of halogens is 1. The van der Waals surface area contributed by atoms with Crippen molar-refractivity contribution in [2.45, 2.75) is 31.9 Å². The van der Waals surface area contributed by atoms with E-state index in [2.05, 4.69) is 15.9 Å². The molecule has 0 saturated heterocycles. The van der Waals surface area contributed by atoms with Gasteiger partial charge in [0.25, 0.3) is 0 Å². The zero-order valence-corrected chi connectivity index (χ0v) is 10.2. The summed E-state index contributed by atoms with van der Waals surface area (Å²) in [5.41, 5.74) is 6.43. The van der Waals surface area contributed by atoms with Crippen LogP contribution in [0.15, 0.2) is 22.7 Å². The van der Waals surface area contributed by atoms with Gasteiger partial charge in [0.05, 0.1) is 12.1 Å². The summed E-state index contributed by atoms with van der Waals surface area (Å²) in [4.78, 5) is 0. The van der Waals surface area contributed by atoms with E-state index < -0.39 is 12.1 Å². The minimum absolute atomic E-state index is 0.118. The van der Waals surface area contributed by atoms with E-state index in [-0.39, 0.29) is 5.75 Å². The van der Waals surface area contributed by atoms with Gasteiger partial charge in [-0.05, 0) is 18.6 Å². The number of rotatable bonds is 4. The second-order valence-corrected chi connectivity index (χ2v) is 4.50. The number of hydrogen-bond acceptors (Lipinski definition) is 3. The maximum Gasteiger partial charge on any atom is 0.121 e. The molecule has 0 spiro atoms. The van der Waals surface area contributed by atoms with Crippen molar-refractivity contribution in [2.24, 2.45) is 5.73 Å². The molecule has 0 aliphatic rings. The Morgan fingerprint density at radius 3 is 2.67 bits per heavy atom. The first kappa shape index (κ1) is 12.5. The number of aliphatic hydroxyl groups is 1. The van der Waals surface area contributed by atoms with Crippen molar-refractivity contribution in [3.8, 4) is 5.75 Å². The molecule has 0 bridgehead atoms. The number of hydrogen-bond donors (Lipinski definition) is 3. The summed E-state index contributed by atoms with van der Waals surface area (Å²) in [6.45, 7) is 1.98. The lowest BCUT2D eigenvalue weighted by atomic mass is 9.98. The molecule has 2 atom stereocenters. The summed E-state index contributed by atoms with van der Waals surface area (Å²) in [5.74, 6) is 0.118. The lowest BCUT2D eigenvalue weighted by Gasteiger charge is -2.19. The van der Waals surface area contributed by atoms with Crippen LogP contribution in [-0.2, 0) is 0 Å². The molecule has 15 heavy (non-hydrogen) atoms. The van der Waals surface area contributed by atoms with Crippen LogP contribution in [0.3, 0.4) is 0 Å². The maximum atomic E-state index is 9.72. The Bertz CT molecular complexity index is 330. The summed E-state index contributed by atoms with van der Waals surface area (Å²) in [5, 5.41) is 19.4. The SMILES string of the molecule is CCC[C@H](O)[C@H](N)c1ccc(Br)cc1O. The van der Waals surface area contributed by atoms with Gasteiger partial charge in [0, 0.05) is 10.0 Å². The summed E-state index contributed by atoms with van der Waals surface area (Å²) >= 11 is 3.25. The molecule has 1 aromatic rings. The first-order chi connectivity index (χ1) is 7.06. The Hall–Kier alpha value is -0.580. The molecule has 1 aromatic carbocycles. The molecule has 4 N–H and O–H groups in total. The van der Waals surface area contributed by atoms with Crippen LogP contribution in [0.25, 0.3) is 0 Å². The summed E-state index contributed by atoms with van der Waals surface area (Å²) in [7, 11) is 0. The predicted octanol–water partition coefficient (Wildman–Crippen LogP) is 2.32. The third kappa shape index (κ3) is 3.19. The fraction of sp³-hybridized carbons (Fsp3) is 0.455. The fourth-order valence-electron chi connectivity index (χ4n) is 1.48. The predicted molar refractivity (Wildman–Crippen MR) is 63.7 cm³/mol. The molecule has 0 amide bonds. The number of aromatic hydroxyl groups is 1. The highest BCUT2D eigenvalue weighted by Gasteiger charge is 2.18. The minimum atomic E-state index is -0.609. The fourth-order valence-corrected chi connectivity index (χ4v) is 1.83. The van der Waals surface area contributed by atoms with Crippen molar-refractivity contribution in [3.63, 3.8) is 0 Å². The molecule has 0 fully saturated rings. The third-order valence-corrected chi connectivity index (χ3v) is 2.84. The number of phenolic OH excluding ortho intramolecular Hbond substituents is 1. The highest BCUT2D eigenvalue weighted by Crippen LogP contribution is 2.28. The van der Waals surface area contributed by atoms with Crippen LogP contribution >= 0.6 is 15.9 Å². The van der Waals surface area contributed by atoms with Crippen LogP contribution < -0.4 is 5.73 Å². The second kappa shape index (κ2) is 5.49. The highest BCUT2D eigenvalue weighted by atomic mass is 79.9. The minimum Gasteiger partial charge on any atom is -0.508 e. The smallest absolute Gasteiger partial charge is 0.121 e. The van der Waals surface area contributed by atoms with Gasteiger partial charge < -0.3 is 15.9 Å². The van der Waals surface area contributed by atoms with Crippen molar-refractivity contribution < 1.29 is 10.2 Å². The number of benzene rings is 1. The molecular weight excluding hydrogens is 258 g/mol. The lowest BCUT2D eigenvalue weighted by Crippen LogP contribution is -2.25. The molecule has 0 heterocycles. The monoisotopic (exact) mass is 273 g/mol. The second-order valence-electron chi connectivity index (χ2n) is 3.58. The normalized spacial score (nSPS) is 14.9. The maximum absolute atomic E-state index is 9.72. The first-order valence-corrected chi connectivity index (χ1v) is 5.77. The van der Waals surface area contributed by atoms with Crippen LogP contribution in [0.5, 0.6) is 5.75 Å². The Labute approximate surface area is 98.1 Å². The van der Waals surface area contributed by atoms with E-state index >= 15 is 0 Å². The molecule has 0 aliphatic heterocycles. The van der Waals surface area contributed by atoms with Crippen LogP contribution in [-0.4, -0.2) is 16.3 Å². The zero-order chi connectivity index (χ0) is 11.4. The van der Waals surface area contributed by atoms with Crippen LogP contribution in [0, 0.1) is 0 Å². The molecule has 84 valence electrons. The van der Waals surface area contributed by atoms with E-state index in [1.807, 2.05) is 6.92 Å². The molecule has 0 unspecified atom stereocenters. The number of aliphatic hydroxyl groups excluding tert-OH is 1. The van der Waals surface area contributed by atoms with Gasteiger partial charge in [0.2, 0.25) is 0 Å². The van der Waals surface area contributed by atoms with Crippen LogP contribution in [0.4, 0.5) is 0 Å². The van der Waals surface area contributed by atoms with Gasteiger partial charge in [0.15, 0.2) is 0 Å². The van der Waals surface area contributed by atoms with E-state index in [0.717, 1.165) is 10.9 Å². The van der Waals surface area contributed by atoms with E-state index in [4.69, 9.17) is 5.73 Å². The summed E-state index contributed by atoms with van der Waals surface area (Å²) < 4.78 is 0.793. The molecule has 0 aromatic heterocycles. The number of nitrogens with two attached hydrogens (primary N) is 1. The average Bonchev–Trinajstić information content (AvgIpc) is 2.17. The van der Waals surface area contributed by atoms with Crippen molar-refractivity contribution in [2.75, 3.05) is 0 Å². The lowest BCUT2D eigenvalue weighted by molar-refractivity contribution is 0.133. The largest absolute Gasteiger partial charge is 0.508 e. The van der Waals surface area contributed by atoms with Crippen molar-refractivity contribution in [3.05, 3.63) is 28.2 Å². The molecule has 4 heteroatoms. The molecular formula is C11H16BrNO2. The van der Waals surface area contributed by atoms with Crippen molar-refractivity contribution >= 4 is 15.9 Å². The Morgan fingerprint density at radius 2 is 2.13 bits per heavy atom. The quantitative estimate of drug-likeness (QED) is 0.789. The molecule has 1 rings (SSSR count). The zero-order valence-electron chi connectivity index (χ0n) is 8.65. The van der Waals surface area contributed by atoms with Gasteiger partial charge >= 0.3 is 0 Å². The van der Waals surface area contributed by atoms with E-state index in [1.54, 1.807) is 18.2 Å². The van der Waals surface area contributed by atoms with E-state index in [1.165, 1.54) is 0 Å². The van der Waals surface area contributed by atoms with Crippen molar-refractivity contribution in [1.29, 1.82) is 0 Å². The number of phenols is 1. The average molecular weight is 274 g/mol. The molecule has 3 nitrogen and oxygen atoms in total. The van der Waals surface area contributed by atoms with Crippen LogP contribution in [0.2, 0.25) is 0 Å². The molecule has 0 radical (unpaired) electrons. The van der Waals surface area contributed by atoms with Gasteiger partial charge in [-0.15, -0.1) is 0 Å². The molecule has 0 aliphatic carbocycles. The van der Waals surface area contributed by atoms with E-state index in [0.29, 0.717) is 12.0 Å². The van der Waals surface area contributed by atoms with Gasteiger partial charge in [-0.25, -0.2) is 0 Å². The van der Waals surface area contributed by atoms with E-state index in [9.17, 15) is 10.2 Å². The van der Waals surface area contributed by atoms with Crippen molar-refractivity contribution in [1.82, 2.24) is 0 Å². The standard InChI is InChI=1S/C11H16BrNO2/c1-2-3-9(14)11(13)8-5-4-7(12)6-10(8)15/h4-6,9,11,14-15H,2-3,13H2,1H3/t9-,11+/m0/s1. The summed E-state index contributed by atoms with van der Waals surface area (Å²) in [6, 6.07) is 4.57. The van der Waals surface area contributed by atoms with Crippen LogP contribution in [0.1, 0.15) is 31.4 Å². The van der Waals surface area contributed by atoms with Gasteiger partial charge in [0.1, 0.15) is 5.75 Å². The highest BCUT2D eigenvalue weighted by molar-refractivity contribution is 9.10.